The van der Waals surface area contributed by atoms with Crippen molar-refractivity contribution in [2.75, 3.05) is 19.4 Å². The zero-order chi connectivity index (χ0) is 8.43. The lowest BCUT2D eigenvalue weighted by molar-refractivity contribution is 0.149. The molecule has 1 rings (SSSR count). The molecule has 0 aromatic carbocycles. The maximum Gasteiger partial charge on any atom is 0.451 e. The highest BCUT2D eigenvalue weighted by atomic mass is 32.2. The molecule has 1 aliphatic heterocycles. The number of amides is 1. The van der Waals surface area contributed by atoms with E-state index in [1.807, 2.05) is 0 Å². The Morgan fingerprint density at radius 1 is 1.91 bits per heavy atom. The highest BCUT2D eigenvalue weighted by Gasteiger charge is 2.43. The first-order chi connectivity index (χ1) is 5.16. The van der Waals surface area contributed by atoms with Gasteiger partial charge in [-0.3, -0.25) is 0 Å². The minimum Gasteiger partial charge on any atom is -0.462 e. The van der Waals surface area contributed by atoms with Gasteiger partial charge in [0.2, 0.25) is 0 Å². The summed E-state index contributed by atoms with van der Waals surface area (Å²) in [6.45, 7) is 0.430. The molecule has 0 spiro atoms. The summed E-state index contributed by atoms with van der Waals surface area (Å²) < 4.78 is 4.21. The summed E-state index contributed by atoms with van der Waals surface area (Å²) in [6, 6.07) is -0.277. The van der Waals surface area contributed by atoms with Crippen molar-refractivity contribution < 1.29 is 15.0 Å². The number of carboxylic acid groups (broad SMARTS) is 1. The molecule has 11 heavy (non-hydrogen) atoms. The van der Waals surface area contributed by atoms with Gasteiger partial charge in [-0.05, 0) is 0 Å². The summed E-state index contributed by atoms with van der Waals surface area (Å²) in [6.07, 6.45) is 0.809. The monoisotopic (exact) mass is 179 g/mol. The van der Waals surface area contributed by atoms with E-state index in [0.29, 0.717) is 6.54 Å². The fourth-order valence-electron chi connectivity index (χ4n) is 1.00. The first-order valence-corrected chi connectivity index (χ1v) is 4.78. The number of hydrogen-bond acceptors (Lipinski definition) is 3. The molecule has 6 heteroatoms. The third kappa shape index (κ3) is 1.58. The molecule has 3 N–H and O–H groups in total. The second kappa shape index (κ2) is 3.29. The molecule has 1 fully saturated rings. The maximum absolute atomic E-state index is 10.6. The quantitative estimate of drug-likeness (QED) is 0.452. The first kappa shape index (κ1) is 8.63. The average molecular weight is 179 g/mol. The van der Waals surface area contributed by atoms with Gasteiger partial charge in [-0.15, -0.1) is 4.72 Å². The molecule has 0 saturated carbocycles. The lowest BCUT2D eigenvalue weighted by Gasteiger charge is -2.11. The number of nitrogens with one attached hydrogen (secondary N) is 1. The molecule has 64 valence electrons. The lowest BCUT2D eigenvalue weighted by Crippen LogP contribution is -2.40. The molecule has 1 aliphatic rings. The highest BCUT2D eigenvalue weighted by Crippen LogP contribution is 2.12. The molecule has 0 bridgehead atoms. The van der Waals surface area contributed by atoms with Crippen LogP contribution < -0.4 is 4.72 Å². The zero-order valence-corrected chi connectivity index (χ0v) is 6.97. The molecular formula is C5H11N2O3S+. The number of rotatable bonds is 1. The first-order valence-electron chi connectivity index (χ1n) is 3.19. The molecule has 1 heterocycles. The van der Waals surface area contributed by atoms with E-state index in [2.05, 4.69) is 4.72 Å². The smallest absolute Gasteiger partial charge is 0.451 e. The second-order valence-electron chi connectivity index (χ2n) is 2.27. The van der Waals surface area contributed by atoms with Crippen molar-refractivity contribution in [3.8, 4) is 0 Å². The van der Waals surface area contributed by atoms with Gasteiger partial charge >= 0.3 is 6.09 Å². The molecule has 1 unspecified atom stereocenters. The third-order valence-electron chi connectivity index (χ3n) is 1.55. The van der Waals surface area contributed by atoms with Gasteiger partial charge in [-0.1, -0.05) is 4.31 Å². The van der Waals surface area contributed by atoms with E-state index >= 15 is 0 Å². The van der Waals surface area contributed by atoms with Crippen molar-refractivity contribution in [1.29, 1.82) is 0 Å². The molecule has 2 atom stereocenters. The minimum absolute atomic E-state index is 0.114. The largest absolute Gasteiger partial charge is 0.462 e. The van der Waals surface area contributed by atoms with E-state index in [0.717, 1.165) is 0 Å². The summed E-state index contributed by atoms with van der Waals surface area (Å²) in [5.41, 5.74) is 0. The van der Waals surface area contributed by atoms with Gasteiger partial charge in [0.25, 0.3) is 0 Å². The fraction of sp³-hybridized carbons (Fsp3) is 0.800. The van der Waals surface area contributed by atoms with Crippen LogP contribution in [-0.2, 0) is 11.3 Å². The van der Waals surface area contributed by atoms with E-state index in [1.54, 1.807) is 6.26 Å². The summed E-state index contributed by atoms with van der Waals surface area (Å²) in [5.74, 6) is 0. The van der Waals surface area contributed by atoms with Gasteiger partial charge in [-0.2, -0.15) is 0 Å². The van der Waals surface area contributed by atoms with E-state index < -0.39 is 17.4 Å². The predicted octanol–water partition coefficient (Wildman–Crippen LogP) is -0.991. The van der Waals surface area contributed by atoms with E-state index in [4.69, 9.17) is 10.2 Å². The van der Waals surface area contributed by atoms with Gasteiger partial charge in [0.15, 0.2) is 11.3 Å². The summed E-state index contributed by atoms with van der Waals surface area (Å²) in [7, 11) is 0. The number of aliphatic hydroxyl groups excluding tert-OH is 1. The van der Waals surface area contributed by atoms with Crippen LogP contribution in [0, 0.1) is 0 Å². The Kier molecular flexibility index (Phi) is 2.58. The molecule has 0 aliphatic carbocycles. The molecule has 5 nitrogen and oxygen atoms in total. The Bertz CT molecular complexity index is 166. The fourth-order valence-corrected chi connectivity index (χ4v) is 2.40. The van der Waals surface area contributed by atoms with Crippen LogP contribution in [0.15, 0.2) is 0 Å². The van der Waals surface area contributed by atoms with Crippen molar-refractivity contribution in [3.05, 3.63) is 0 Å². The van der Waals surface area contributed by atoms with Gasteiger partial charge in [-0.25, -0.2) is 4.79 Å². The van der Waals surface area contributed by atoms with Crippen LogP contribution in [0.2, 0.25) is 0 Å². The van der Waals surface area contributed by atoms with E-state index in [1.165, 1.54) is 4.31 Å². The van der Waals surface area contributed by atoms with Crippen LogP contribution >= 0.6 is 0 Å². The molecule has 0 radical (unpaired) electrons. The topological polar surface area (TPSA) is 72.8 Å². The number of aliphatic hydroxyl groups is 1. The molecule has 1 saturated heterocycles. The normalized spacial score (nSPS) is 30.9. The molecular weight excluding hydrogens is 168 g/mol. The van der Waals surface area contributed by atoms with Gasteiger partial charge in [0.05, 0.1) is 13.2 Å². The molecule has 0 aromatic heterocycles. The van der Waals surface area contributed by atoms with Crippen LogP contribution in [0.5, 0.6) is 0 Å². The SMILES string of the molecule is C[S+]1NC[C@@H](CO)N1C(=O)O. The minimum atomic E-state index is -0.972. The van der Waals surface area contributed by atoms with Crippen molar-refractivity contribution in [1.82, 2.24) is 9.03 Å². The van der Waals surface area contributed by atoms with Gasteiger partial charge in [0.1, 0.15) is 12.3 Å². The van der Waals surface area contributed by atoms with Crippen LogP contribution in [-0.4, -0.2) is 46.1 Å². The molecule has 0 aromatic rings. The van der Waals surface area contributed by atoms with Crippen LogP contribution in [0.1, 0.15) is 0 Å². The summed E-state index contributed by atoms with van der Waals surface area (Å²) in [4.78, 5) is 10.6. The van der Waals surface area contributed by atoms with Crippen molar-refractivity contribution in [2.24, 2.45) is 0 Å². The summed E-state index contributed by atoms with van der Waals surface area (Å²) in [5, 5.41) is 17.4. The number of nitrogens with zero attached hydrogens (tertiary/aromatic N) is 1. The molecule has 1 amide bonds. The Morgan fingerprint density at radius 2 is 2.55 bits per heavy atom. The van der Waals surface area contributed by atoms with Crippen molar-refractivity contribution >= 4 is 17.4 Å². The van der Waals surface area contributed by atoms with Crippen LogP contribution in [0.25, 0.3) is 0 Å². The average Bonchev–Trinajstić information content (AvgIpc) is 2.30. The van der Waals surface area contributed by atoms with Crippen LogP contribution in [0.4, 0.5) is 4.79 Å². The number of carbonyl (C=O) groups is 1. The standard InChI is InChI=1S/C5H10N2O3S/c1-11-6-2-4(3-8)7(11)5(9)10/h4,8H,2-3H2,1H3,(H,9,10)/p+1/t4-,11?/m0/s1. The van der Waals surface area contributed by atoms with Crippen molar-refractivity contribution in [2.45, 2.75) is 6.04 Å². The predicted molar refractivity (Wildman–Crippen MR) is 42.0 cm³/mol. The van der Waals surface area contributed by atoms with E-state index in [-0.39, 0.29) is 12.6 Å². The van der Waals surface area contributed by atoms with Crippen LogP contribution in [0.3, 0.4) is 0 Å². The van der Waals surface area contributed by atoms with E-state index in [9.17, 15) is 4.79 Å². The third-order valence-corrected chi connectivity index (χ3v) is 3.18. The lowest BCUT2D eigenvalue weighted by atomic mass is 10.3. The Morgan fingerprint density at radius 3 is 2.91 bits per heavy atom. The highest BCUT2D eigenvalue weighted by molar-refractivity contribution is 7.92. The van der Waals surface area contributed by atoms with Gasteiger partial charge in [0, 0.05) is 0 Å². The van der Waals surface area contributed by atoms with Gasteiger partial charge < -0.3 is 10.2 Å². The second-order valence-corrected chi connectivity index (χ2v) is 3.91. The van der Waals surface area contributed by atoms with Crippen molar-refractivity contribution in [3.63, 3.8) is 0 Å². The summed E-state index contributed by atoms with van der Waals surface area (Å²) >= 11 is -0.447. The Hall–Kier alpha value is -0.460. The zero-order valence-electron chi connectivity index (χ0n) is 6.15. The Labute approximate surface area is 67.6 Å². The number of hydrogen-bond donors (Lipinski definition) is 3. The maximum atomic E-state index is 10.6. The Balaban J connectivity index is 2.63.